The maximum atomic E-state index is 13.1. The van der Waals surface area contributed by atoms with Crippen LogP contribution in [0.3, 0.4) is 0 Å². The maximum Gasteiger partial charge on any atom is 0.416 e. The van der Waals surface area contributed by atoms with Crippen LogP contribution < -0.4 is 10.5 Å². The predicted molar refractivity (Wildman–Crippen MR) is 115 cm³/mol. The van der Waals surface area contributed by atoms with E-state index in [0.717, 1.165) is 31.5 Å². The number of fused-ring (bicyclic) bond motifs is 1. The Hall–Kier alpha value is -3.10. The molecule has 9 heteroatoms. The molecule has 0 unspecified atom stereocenters. The molecule has 0 saturated heterocycles. The van der Waals surface area contributed by atoms with Crippen LogP contribution in [0.15, 0.2) is 48.2 Å². The molecule has 0 amide bonds. The normalized spacial score (nSPS) is 14.8. The van der Waals surface area contributed by atoms with E-state index in [2.05, 4.69) is 15.1 Å². The van der Waals surface area contributed by atoms with Crippen molar-refractivity contribution in [2.75, 3.05) is 12.8 Å². The molecule has 0 atom stereocenters. The summed E-state index contributed by atoms with van der Waals surface area (Å²) in [5.41, 5.74) is 6.83. The van der Waals surface area contributed by atoms with Gasteiger partial charge in [-0.15, -0.1) is 0 Å². The number of nitrogens with zero attached hydrogens (tertiary/aromatic N) is 4. The van der Waals surface area contributed by atoms with E-state index in [4.69, 9.17) is 10.5 Å². The molecule has 0 bridgehead atoms. The van der Waals surface area contributed by atoms with Crippen molar-refractivity contribution in [2.45, 2.75) is 52.3 Å². The Labute approximate surface area is 180 Å². The molecule has 6 nitrogen and oxygen atoms in total. The molecule has 0 radical (unpaired) electrons. The summed E-state index contributed by atoms with van der Waals surface area (Å²) < 4.78 is 45.9. The zero-order valence-corrected chi connectivity index (χ0v) is 18.0. The van der Waals surface area contributed by atoms with Crippen LogP contribution >= 0.6 is 0 Å². The first-order valence-electron chi connectivity index (χ1n) is 10.1. The Kier molecular flexibility index (Phi) is 8.84. The van der Waals surface area contributed by atoms with Gasteiger partial charge in [-0.05, 0) is 44.7 Å². The average Bonchev–Trinajstić information content (AvgIpc) is 3.17. The van der Waals surface area contributed by atoms with Crippen molar-refractivity contribution in [3.63, 3.8) is 0 Å². The Bertz CT molecular complexity index is 921. The first-order chi connectivity index (χ1) is 14.8. The number of anilines is 1. The van der Waals surface area contributed by atoms with Gasteiger partial charge in [0.25, 0.3) is 0 Å². The van der Waals surface area contributed by atoms with Gasteiger partial charge in [0.2, 0.25) is 11.8 Å². The van der Waals surface area contributed by atoms with Gasteiger partial charge in [0.1, 0.15) is 0 Å². The molecule has 0 saturated carbocycles. The van der Waals surface area contributed by atoms with Crippen molar-refractivity contribution in [3.05, 3.63) is 59.6 Å². The Balaban J connectivity index is 0.000000316. The number of aromatic nitrogens is 4. The van der Waals surface area contributed by atoms with E-state index < -0.39 is 11.7 Å². The van der Waals surface area contributed by atoms with Crippen LogP contribution in [0.1, 0.15) is 44.5 Å². The Morgan fingerprint density at radius 2 is 2.10 bits per heavy atom. The highest BCUT2D eigenvalue weighted by Crippen LogP contribution is 2.30. The molecule has 0 spiro atoms. The van der Waals surface area contributed by atoms with Gasteiger partial charge in [0.05, 0.1) is 18.4 Å². The number of aryl methyl sites for hydroxylation is 2. The molecule has 1 aliphatic rings. The number of ether oxygens (including phenoxy) is 1. The van der Waals surface area contributed by atoms with E-state index in [1.807, 2.05) is 10.7 Å². The average molecular weight is 435 g/mol. The molecule has 3 heterocycles. The van der Waals surface area contributed by atoms with Crippen LogP contribution in [0.5, 0.6) is 5.88 Å². The number of halogens is 3. The predicted octanol–water partition coefficient (Wildman–Crippen LogP) is 5.15. The second-order valence-electron chi connectivity index (χ2n) is 6.82. The second kappa shape index (κ2) is 11.3. The molecule has 2 N–H and O–H groups in total. The number of hydrogen-bond acceptors (Lipinski definition) is 5. The van der Waals surface area contributed by atoms with Crippen molar-refractivity contribution in [2.24, 2.45) is 0 Å². The summed E-state index contributed by atoms with van der Waals surface area (Å²) >= 11 is 0. The van der Waals surface area contributed by atoms with E-state index in [-0.39, 0.29) is 5.95 Å². The Morgan fingerprint density at radius 3 is 2.65 bits per heavy atom. The maximum absolute atomic E-state index is 13.1. The number of nitrogens with two attached hydrogens (primary N) is 1. The smallest absolute Gasteiger partial charge is 0.416 e. The minimum Gasteiger partial charge on any atom is -0.481 e. The van der Waals surface area contributed by atoms with Gasteiger partial charge in [-0.25, -0.2) is 4.98 Å². The molecule has 3 rings (SSSR count). The van der Waals surface area contributed by atoms with Crippen LogP contribution in [-0.4, -0.2) is 33.0 Å². The lowest BCUT2D eigenvalue weighted by Crippen LogP contribution is -2.11. The zero-order valence-electron chi connectivity index (χ0n) is 18.0. The summed E-state index contributed by atoms with van der Waals surface area (Å²) in [4.78, 5) is 7.41. The zero-order chi connectivity index (χ0) is 22.9. The highest BCUT2D eigenvalue weighted by Gasteiger charge is 2.32. The van der Waals surface area contributed by atoms with Gasteiger partial charge >= 0.3 is 6.18 Å². The van der Waals surface area contributed by atoms with Crippen molar-refractivity contribution >= 4 is 11.5 Å². The van der Waals surface area contributed by atoms with Crippen LogP contribution in [0, 0.1) is 0 Å². The first kappa shape index (κ1) is 24.2. The van der Waals surface area contributed by atoms with E-state index in [0.29, 0.717) is 23.6 Å². The summed E-state index contributed by atoms with van der Waals surface area (Å²) in [5, 5.41) is 4.47. The largest absolute Gasteiger partial charge is 0.481 e. The topological polar surface area (TPSA) is 78.9 Å². The number of nitrogen functional groups attached to an aromatic ring is 1. The van der Waals surface area contributed by atoms with E-state index in [1.165, 1.54) is 19.3 Å². The summed E-state index contributed by atoms with van der Waals surface area (Å²) in [6.07, 6.45) is 6.48. The molecule has 0 fully saturated rings. The second-order valence-corrected chi connectivity index (χ2v) is 6.82. The highest BCUT2D eigenvalue weighted by atomic mass is 19.4. The SMILES string of the molecule is COc1ccnc(N)n1.C\C=C/C(=C\C(=C\CC)C(F)(F)F)c1cc2n(n1)CCCC2. The van der Waals surface area contributed by atoms with Crippen LogP contribution in [0.2, 0.25) is 0 Å². The molecule has 168 valence electrons. The minimum atomic E-state index is -4.35. The molecule has 2 aromatic rings. The fourth-order valence-electron chi connectivity index (χ4n) is 3.06. The summed E-state index contributed by atoms with van der Waals surface area (Å²) in [6.45, 7) is 4.33. The Morgan fingerprint density at radius 1 is 1.32 bits per heavy atom. The molecular weight excluding hydrogens is 407 g/mol. The molecular formula is C22H28F3N5O. The van der Waals surface area contributed by atoms with Crippen LogP contribution in [0.4, 0.5) is 19.1 Å². The minimum absolute atomic E-state index is 0.231. The summed E-state index contributed by atoms with van der Waals surface area (Å²) in [6, 6.07) is 3.54. The number of alkyl halides is 3. The highest BCUT2D eigenvalue weighted by molar-refractivity contribution is 5.74. The van der Waals surface area contributed by atoms with Gasteiger partial charge in [0.15, 0.2) is 0 Å². The number of rotatable bonds is 5. The van der Waals surface area contributed by atoms with E-state index >= 15 is 0 Å². The standard InChI is InChI=1S/C17H21F3N2.C5H7N3O/c1-3-7-13(11-14(8-4-2)17(18,19)20)16-12-15-9-5-6-10-22(15)21-16;1-9-4-2-3-7-5(6)8-4/h3,7-8,11-12H,4-6,9-10H2,1-2H3;2-3H,1H3,(H2,6,7,8)/b7-3-,13-11+,14-8-;. The quantitative estimate of drug-likeness (QED) is 0.658. The van der Waals surface area contributed by atoms with Gasteiger partial charge in [-0.3, -0.25) is 4.68 Å². The van der Waals surface area contributed by atoms with Gasteiger partial charge in [-0.1, -0.05) is 25.2 Å². The van der Waals surface area contributed by atoms with E-state index in [1.54, 1.807) is 38.3 Å². The molecule has 1 aliphatic heterocycles. The number of methoxy groups -OCH3 is 1. The lowest BCUT2D eigenvalue weighted by Gasteiger charge is -2.11. The third-order valence-corrected chi connectivity index (χ3v) is 4.48. The molecule has 0 aromatic carbocycles. The summed E-state index contributed by atoms with van der Waals surface area (Å²) in [5.74, 6) is 0.719. The fourth-order valence-corrected chi connectivity index (χ4v) is 3.06. The van der Waals surface area contributed by atoms with Crippen LogP contribution in [-0.2, 0) is 13.0 Å². The van der Waals surface area contributed by atoms with Crippen molar-refractivity contribution in [3.8, 4) is 5.88 Å². The monoisotopic (exact) mass is 435 g/mol. The fraction of sp³-hybridized carbons (Fsp3) is 0.409. The van der Waals surface area contributed by atoms with Crippen molar-refractivity contribution in [1.29, 1.82) is 0 Å². The van der Waals surface area contributed by atoms with Gasteiger partial charge < -0.3 is 10.5 Å². The summed E-state index contributed by atoms with van der Waals surface area (Å²) in [7, 11) is 1.53. The first-order valence-corrected chi connectivity index (χ1v) is 10.1. The molecule has 2 aromatic heterocycles. The third kappa shape index (κ3) is 7.27. The lowest BCUT2D eigenvalue weighted by molar-refractivity contribution is -0.0883. The van der Waals surface area contributed by atoms with E-state index in [9.17, 15) is 13.2 Å². The van der Waals surface area contributed by atoms with Gasteiger partial charge in [-0.2, -0.15) is 23.3 Å². The van der Waals surface area contributed by atoms with Crippen molar-refractivity contribution in [1.82, 2.24) is 19.7 Å². The van der Waals surface area contributed by atoms with Gasteiger partial charge in [0, 0.05) is 30.1 Å². The number of allylic oxidation sites excluding steroid dienone is 6. The third-order valence-electron chi connectivity index (χ3n) is 4.48. The lowest BCUT2D eigenvalue weighted by atomic mass is 10.0. The molecule has 31 heavy (non-hydrogen) atoms. The molecule has 0 aliphatic carbocycles. The number of hydrogen-bond donors (Lipinski definition) is 1. The van der Waals surface area contributed by atoms with Crippen LogP contribution in [0.25, 0.3) is 5.57 Å². The van der Waals surface area contributed by atoms with Crippen molar-refractivity contribution < 1.29 is 17.9 Å².